The van der Waals surface area contributed by atoms with E-state index in [-0.39, 0.29) is 28.3 Å². The van der Waals surface area contributed by atoms with Crippen LogP contribution in [0.3, 0.4) is 0 Å². The molecule has 18 heavy (non-hydrogen) atoms. The van der Waals surface area contributed by atoms with E-state index in [0.717, 1.165) is 0 Å². The van der Waals surface area contributed by atoms with Crippen molar-refractivity contribution in [1.29, 1.82) is 0 Å². The van der Waals surface area contributed by atoms with Gasteiger partial charge in [-0.25, -0.2) is 4.98 Å². The fraction of sp³-hybridized carbons (Fsp3) is 0. The number of hydrogen-bond donors (Lipinski definition) is 2. The van der Waals surface area contributed by atoms with Crippen LogP contribution in [0.15, 0.2) is 36.5 Å². The zero-order valence-electron chi connectivity index (χ0n) is 9.20. The lowest BCUT2D eigenvalue weighted by molar-refractivity contribution is 0.102. The lowest BCUT2D eigenvalue weighted by Gasteiger charge is -2.05. The zero-order valence-corrected chi connectivity index (χ0v) is 9.20. The number of pyridine rings is 1. The maximum atomic E-state index is 12.1. The van der Waals surface area contributed by atoms with Gasteiger partial charge in [0.1, 0.15) is 17.8 Å². The number of aromatic hydroxyl groups is 2. The fourth-order valence-electron chi connectivity index (χ4n) is 1.51. The van der Waals surface area contributed by atoms with E-state index in [9.17, 15) is 19.8 Å². The summed E-state index contributed by atoms with van der Waals surface area (Å²) in [4.78, 5) is 26.4. The summed E-state index contributed by atoms with van der Waals surface area (Å²) in [6.45, 7) is 0. The molecule has 0 radical (unpaired) electrons. The normalized spacial score (nSPS) is 10.0. The Kier molecular flexibility index (Phi) is 3.05. The molecule has 0 unspecified atom stereocenters. The molecule has 2 N–H and O–H groups in total. The number of phenols is 1. The van der Waals surface area contributed by atoms with Gasteiger partial charge in [0, 0.05) is 11.8 Å². The molecule has 0 amide bonds. The third-order valence-corrected chi connectivity index (χ3v) is 2.40. The Morgan fingerprint density at radius 1 is 1.17 bits per heavy atom. The van der Waals surface area contributed by atoms with Gasteiger partial charge < -0.3 is 10.2 Å². The SMILES string of the molecule is O=Cc1ccc(O)c(C(=O)c2ncccc2O)c1. The molecule has 1 aromatic carbocycles. The molecule has 1 heterocycles. The molecule has 2 rings (SSSR count). The molecule has 5 nitrogen and oxygen atoms in total. The Morgan fingerprint density at radius 3 is 2.61 bits per heavy atom. The predicted molar refractivity (Wildman–Crippen MR) is 62.8 cm³/mol. The topological polar surface area (TPSA) is 87.5 Å². The predicted octanol–water partition coefficient (Wildman–Crippen LogP) is 1.54. The number of phenolic OH excluding ortho intramolecular Hbond substituents is 1. The molecule has 2 aromatic rings. The first-order valence-corrected chi connectivity index (χ1v) is 5.10. The van der Waals surface area contributed by atoms with Crippen molar-refractivity contribution < 1.29 is 19.8 Å². The minimum atomic E-state index is -0.644. The van der Waals surface area contributed by atoms with Gasteiger partial charge in [-0.05, 0) is 30.3 Å². The van der Waals surface area contributed by atoms with Gasteiger partial charge in [0.25, 0.3) is 0 Å². The van der Waals surface area contributed by atoms with Crippen molar-refractivity contribution in [3.63, 3.8) is 0 Å². The Morgan fingerprint density at radius 2 is 1.94 bits per heavy atom. The van der Waals surface area contributed by atoms with Gasteiger partial charge >= 0.3 is 0 Å². The number of ketones is 1. The second-order valence-corrected chi connectivity index (χ2v) is 3.59. The van der Waals surface area contributed by atoms with Crippen LogP contribution >= 0.6 is 0 Å². The summed E-state index contributed by atoms with van der Waals surface area (Å²) in [5.41, 5.74) is 0.0102. The van der Waals surface area contributed by atoms with Crippen molar-refractivity contribution in [3.05, 3.63) is 53.3 Å². The van der Waals surface area contributed by atoms with Crippen LogP contribution in [0.2, 0.25) is 0 Å². The van der Waals surface area contributed by atoms with E-state index in [0.29, 0.717) is 6.29 Å². The van der Waals surface area contributed by atoms with Crippen LogP contribution in [0, 0.1) is 0 Å². The van der Waals surface area contributed by atoms with Crippen molar-refractivity contribution in [2.75, 3.05) is 0 Å². The first-order chi connectivity index (χ1) is 8.63. The number of benzene rings is 1. The summed E-state index contributed by atoms with van der Waals surface area (Å²) < 4.78 is 0. The van der Waals surface area contributed by atoms with Crippen LogP contribution < -0.4 is 0 Å². The van der Waals surface area contributed by atoms with Crippen LogP contribution in [0.4, 0.5) is 0 Å². The van der Waals surface area contributed by atoms with Crippen molar-refractivity contribution in [2.45, 2.75) is 0 Å². The fourth-order valence-corrected chi connectivity index (χ4v) is 1.51. The van der Waals surface area contributed by atoms with Gasteiger partial charge in [-0.2, -0.15) is 0 Å². The van der Waals surface area contributed by atoms with Gasteiger partial charge in [-0.1, -0.05) is 0 Å². The van der Waals surface area contributed by atoms with Gasteiger partial charge in [0.15, 0.2) is 5.69 Å². The minimum Gasteiger partial charge on any atom is -0.507 e. The van der Waals surface area contributed by atoms with Gasteiger partial charge in [0.05, 0.1) is 5.56 Å². The molecule has 0 aliphatic rings. The van der Waals surface area contributed by atoms with E-state index in [1.165, 1.54) is 36.5 Å². The highest BCUT2D eigenvalue weighted by molar-refractivity contribution is 6.11. The summed E-state index contributed by atoms with van der Waals surface area (Å²) in [6.07, 6.45) is 1.92. The molecule has 0 spiro atoms. The third kappa shape index (κ3) is 2.06. The van der Waals surface area contributed by atoms with Crippen molar-refractivity contribution >= 4 is 12.1 Å². The molecule has 5 heteroatoms. The summed E-state index contributed by atoms with van der Waals surface area (Å²) >= 11 is 0. The number of aldehydes is 1. The summed E-state index contributed by atoms with van der Waals surface area (Å²) in [6, 6.07) is 6.68. The standard InChI is InChI=1S/C13H9NO4/c15-7-8-3-4-10(16)9(6-8)13(18)12-11(17)2-1-5-14-12/h1-7,16-17H. The van der Waals surface area contributed by atoms with Crippen LogP contribution in [0.25, 0.3) is 0 Å². The number of aromatic nitrogens is 1. The molecule has 0 aliphatic heterocycles. The Bertz CT molecular complexity index is 622. The van der Waals surface area contributed by atoms with E-state index in [2.05, 4.69) is 4.98 Å². The second kappa shape index (κ2) is 4.67. The first-order valence-electron chi connectivity index (χ1n) is 5.10. The zero-order chi connectivity index (χ0) is 13.1. The largest absolute Gasteiger partial charge is 0.507 e. The van der Waals surface area contributed by atoms with Crippen LogP contribution in [-0.4, -0.2) is 27.3 Å². The maximum Gasteiger partial charge on any atom is 0.218 e. The summed E-state index contributed by atoms with van der Waals surface area (Å²) in [7, 11) is 0. The molecule has 0 bridgehead atoms. The summed E-state index contributed by atoms with van der Waals surface area (Å²) in [5.74, 6) is -1.19. The monoisotopic (exact) mass is 243 g/mol. The van der Waals surface area contributed by atoms with Gasteiger partial charge in [-0.15, -0.1) is 0 Å². The smallest absolute Gasteiger partial charge is 0.218 e. The van der Waals surface area contributed by atoms with E-state index in [1.807, 2.05) is 0 Å². The van der Waals surface area contributed by atoms with E-state index >= 15 is 0 Å². The molecule has 1 aromatic heterocycles. The molecular formula is C13H9NO4. The quantitative estimate of drug-likeness (QED) is 0.630. The highest BCUT2D eigenvalue weighted by atomic mass is 16.3. The Hall–Kier alpha value is -2.69. The molecule has 0 saturated carbocycles. The second-order valence-electron chi connectivity index (χ2n) is 3.59. The van der Waals surface area contributed by atoms with Crippen molar-refractivity contribution in [2.24, 2.45) is 0 Å². The minimum absolute atomic E-state index is 0.0754. The van der Waals surface area contributed by atoms with Gasteiger partial charge in [-0.3, -0.25) is 9.59 Å². The van der Waals surface area contributed by atoms with E-state index in [4.69, 9.17) is 0 Å². The molecule has 0 fully saturated rings. The lowest BCUT2D eigenvalue weighted by Crippen LogP contribution is -2.05. The Labute approximate surface area is 102 Å². The number of carbonyl (C=O) groups is 2. The molecule has 90 valence electrons. The third-order valence-electron chi connectivity index (χ3n) is 2.40. The molecule has 0 saturated heterocycles. The highest BCUT2D eigenvalue weighted by Gasteiger charge is 2.18. The van der Waals surface area contributed by atoms with E-state index < -0.39 is 5.78 Å². The van der Waals surface area contributed by atoms with Crippen molar-refractivity contribution in [3.8, 4) is 11.5 Å². The molecule has 0 atom stereocenters. The molecular weight excluding hydrogens is 234 g/mol. The van der Waals surface area contributed by atoms with E-state index in [1.54, 1.807) is 0 Å². The maximum absolute atomic E-state index is 12.1. The average Bonchev–Trinajstić information content (AvgIpc) is 2.39. The first kappa shape index (κ1) is 11.8. The van der Waals surface area contributed by atoms with Crippen molar-refractivity contribution in [1.82, 2.24) is 4.98 Å². The summed E-state index contributed by atoms with van der Waals surface area (Å²) in [5, 5.41) is 19.1. The lowest BCUT2D eigenvalue weighted by atomic mass is 10.0. The molecule has 0 aliphatic carbocycles. The number of nitrogens with zero attached hydrogens (tertiary/aromatic N) is 1. The Balaban J connectivity index is 2.52. The van der Waals surface area contributed by atoms with Crippen LogP contribution in [0.1, 0.15) is 26.4 Å². The van der Waals surface area contributed by atoms with Crippen LogP contribution in [0.5, 0.6) is 11.5 Å². The number of carbonyl (C=O) groups excluding carboxylic acids is 2. The van der Waals surface area contributed by atoms with Crippen LogP contribution in [-0.2, 0) is 0 Å². The highest BCUT2D eigenvalue weighted by Crippen LogP contribution is 2.24. The average molecular weight is 243 g/mol. The van der Waals surface area contributed by atoms with Gasteiger partial charge in [0.2, 0.25) is 5.78 Å². The number of rotatable bonds is 3. The number of hydrogen-bond acceptors (Lipinski definition) is 5.